The van der Waals surface area contributed by atoms with Crippen LogP contribution < -0.4 is 0 Å². The fourth-order valence-electron chi connectivity index (χ4n) is 2.86. The minimum absolute atomic E-state index is 0.0463. The number of alkyl halides is 1. The first-order valence-corrected chi connectivity index (χ1v) is 6.23. The van der Waals surface area contributed by atoms with Crippen molar-refractivity contribution in [2.24, 2.45) is 5.92 Å². The molecule has 1 unspecified atom stereocenters. The number of nitrogens with zero attached hydrogens (tertiary/aromatic N) is 1. The first-order valence-electron chi connectivity index (χ1n) is 5.70. The molecule has 1 heterocycles. The molecule has 2 fully saturated rings. The molecular formula is C11H16ClNO3. The average molecular weight is 246 g/mol. The summed E-state index contributed by atoms with van der Waals surface area (Å²) in [6.07, 6.45) is 3.36. The number of carboxylic acid groups (broad SMARTS) is 1. The van der Waals surface area contributed by atoms with Gasteiger partial charge in [-0.1, -0.05) is 12.8 Å². The van der Waals surface area contributed by atoms with Gasteiger partial charge in [0.15, 0.2) is 0 Å². The van der Waals surface area contributed by atoms with E-state index in [1.807, 2.05) is 0 Å². The van der Waals surface area contributed by atoms with E-state index in [-0.39, 0.29) is 11.8 Å². The lowest BCUT2D eigenvalue weighted by Crippen LogP contribution is -2.53. The molecule has 0 aromatic heterocycles. The molecule has 1 saturated heterocycles. The van der Waals surface area contributed by atoms with Gasteiger partial charge in [0.05, 0.1) is 0 Å². The second-order valence-corrected chi connectivity index (χ2v) is 5.08. The summed E-state index contributed by atoms with van der Waals surface area (Å²) in [5, 5.41) is 9.37. The van der Waals surface area contributed by atoms with Gasteiger partial charge in [0.1, 0.15) is 5.54 Å². The Morgan fingerprint density at radius 3 is 2.56 bits per heavy atom. The van der Waals surface area contributed by atoms with E-state index in [4.69, 9.17) is 11.6 Å². The Balaban J connectivity index is 2.21. The van der Waals surface area contributed by atoms with E-state index in [9.17, 15) is 14.7 Å². The van der Waals surface area contributed by atoms with Gasteiger partial charge in [0, 0.05) is 18.8 Å². The number of hydrogen-bond donors (Lipinski definition) is 1. The van der Waals surface area contributed by atoms with Crippen molar-refractivity contribution in [1.29, 1.82) is 0 Å². The van der Waals surface area contributed by atoms with E-state index < -0.39 is 11.5 Å². The summed E-state index contributed by atoms with van der Waals surface area (Å²) in [6, 6.07) is 0. The third kappa shape index (κ3) is 1.69. The maximum Gasteiger partial charge on any atom is 0.329 e. The number of carbonyl (C=O) groups excluding carboxylic acids is 1. The third-order valence-corrected chi connectivity index (χ3v) is 4.21. The second-order valence-electron chi connectivity index (χ2n) is 4.77. The number of amides is 1. The van der Waals surface area contributed by atoms with Gasteiger partial charge in [0.25, 0.3) is 0 Å². The maximum absolute atomic E-state index is 11.8. The van der Waals surface area contributed by atoms with E-state index >= 15 is 0 Å². The standard InChI is InChI=1S/C11H16ClNO3/c12-6-8-5-9(14)13(7-8)11(10(15)16)3-1-2-4-11/h8H,1-7H2,(H,15,16). The minimum Gasteiger partial charge on any atom is -0.479 e. The van der Waals surface area contributed by atoms with Gasteiger partial charge in [-0.2, -0.15) is 0 Å². The van der Waals surface area contributed by atoms with Crippen LogP contribution in [0.15, 0.2) is 0 Å². The van der Waals surface area contributed by atoms with Crippen LogP contribution in [-0.4, -0.2) is 39.8 Å². The van der Waals surface area contributed by atoms with Crippen molar-refractivity contribution in [1.82, 2.24) is 4.90 Å². The SMILES string of the molecule is O=C1CC(CCl)CN1C1(C(=O)O)CCCC1. The fraction of sp³-hybridized carbons (Fsp3) is 0.818. The molecular weight excluding hydrogens is 230 g/mol. The molecule has 90 valence electrons. The molecule has 2 rings (SSSR count). The summed E-state index contributed by atoms with van der Waals surface area (Å²) < 4.78 is 0. The first-order chi connectivity index (χ1) is 7.60. The van der Waals surface area contributed by atoms with Crippen molar-refractivity contribution in [3.8, 4) is 0 Å². The lowest BCUT2D eigenvalue weighted by molar-refractivity contribution is -0.156. The Hall–Kier alpha value is -0.770. The molecule has 1 amide bonds. The first kappa shape index (κ1) is 11.7. The zero-order valence-electron chi connectivity index (χ0n) is 9.12. The van der Waals surface area contributed by atoms with Gasteiger partial charge in [-0.3, -0.25) is 4.79 Å². The molecule has 0 aromatic carbocycles. The van der Waals surface area contributed by atoms with Gasteiger partial charge < -0.3 is 10.0 Å². The smallest absolute Gasteiger partial charge is 0.329 e. The lowest BCUT2D eigenvalue weighted by Gasteiger charge is -2.34. The van der Waals surface area contributed by atoms with Crippen LogP contribution in [0.25, 0.3) is 0 Å². The Bertz CT molecular complexity index is 312. The molecule has 5 heteroatoms. The molecule has 4 nitrogen and oxygen atoms in total. The van der Waals surface area contributed by atoms with Crippen LogP contribution in [0.1, 0.15) is 32.1 Å². The monoisotopic (exact) mass is 245 g/mol. The van der Waals surface area contributed by atoms with Crippen LogP contribution in [0.2, 0.25) is 0 Å². The Morgan fingerprint density at radius 1 is 1.50 bits per heavy atom. The van der Waals surface area contributed by atoms with Gasteiger partial charge in [-0.25, -0.2) is 4.79 Å². The van der Waals surface area contributed by atoms with Gasteiger partial charge in [-0.05, 0) is 18.8 Å². The molecule has 1 N–H and O–H groups in total. The van der Waals surface area contributed by atoms with Crippen LogP contribution in [-0.2, 0) is 9.59 Å². The number of aliphatic carboxylic acids is 1. The molecule has 1 aliphatic heterocycles. The molecule has 0 bridgehead atoms. The third-order valence-electron chi connectivity index (χ3n) is 3.77. The van der Waals surface area contributed by atoms with Gasteiger partial charge in [0.2, 0.25) is 5.91 Å². The highest BCUT2D eigenvalue weighted by Crippen LogP contribution is 2.39. The predicted octanol–water partition coefficient (Wildman–Crippen LogP) is 1.47. The Kier molecular flexibility index (Phi) is 3.10. The van der Waals surface area contributed by atoms with E-state index in [0.717, 1.165) is 12.8 Å². The largest absolute Gasteiger partial charge is 0.479 e. The number of carboxylic acids is 1. The van der Waals surface area contributed by atoms with Crippen molar-refractivity contribution in [2.45, 2.75) is 37.6 Å². The van der Waals surface area contributed by atoms with Crippen LogP contribution >= 0.6 is 11.6 Å². The van der Waals surface area contributed by atoms with Crippen LogP contribution in [0.5, 0.6) is 0 Å². The minimum atomic E-state index is -0.933. The predicted molar refractivity (Wildman–Crippen MR) is 59.4 cm³/mol. The number of halogens is 1. The molecule has 1 aliphatic carbocycles. The summed E-state index contributed by atoms with van der Waals surface area (Å²) in [4.78, 5) is 24.8. The van der Waals surface area contributed by atoms with Crippen molar-refractivity contribution in [3.05, 3.63) is 0 Å². The Morgan fingerprint density at radius 2 is 2.12 bits per heavy atom. The highest BCUT2D eigenvalue weighted by atomic mass is 35.5. The number of likely N-dealkylation sites (tertiary alicyclic amines) is 1. The highest BCUT2D eigenvalue weighted by molar-refractivity contribution is 6.18. The molecule has 1 atom stereocenters. The molecule has 0 radical (unpaired) electrons. The molecule has 0 spiro atoms. The topological polar surface area (TPSA) is 57.6 Å². The summed E-state index contributed by atoms with van der Waals surface area (Å²) in [5.41, 5.74) is -0.933. The van der Waals surface area contributed by atoms with Crippen molar-refractivity contribution >= 4 is 23.5 Å². The Labute approximate surface area is 99.6 Å². The number of hydrogen-bond acceptors (Lipinski definition) is 2. The zero-order valence-corrected chi connectivity index (χ0v) is 9.87. The molecule has 0 aromatic rings. The van der Waals surface area contributed by atoms with Crippen molar-refractivity contribution < 1.29 is 14.7 Å². The van der Waals surface area contributed by atoms with Crippen molar-refractivity contribution in [2.75, 3.05) is 12.4 Å². The van der Waals surface area contributed by atoms with Crippen molar-refractivity contribution in [3.63, 3.8) is 0 Å². The molecule has 1 saturated carbocycles. The number of carbonyl (C=O) groups is 2. The summed E-state index contributed by atoms with van der Waals surface area (Å²) in [5.74, 6) is -0.354. The van der Waals surface area contributed by atoms with Crippen LogP contribution in [0, 0.1) is 5.92 Å². The van der Waals surface area contributed by atoms with E-state index in [1.54, 1.807) is 4.90 Å². The van der Waals surface area contributed by atoms with Crippen LogP contribution in [0.4, 0.5) is 0 Å². The molecule has 2 aliphatic rings. The summed E-state index contributed by atoms with van der Waals surface area (Å²) in [6.45, 7) is 0.509. The zero-order chi connectivity index (χ0) is 11.8. The highest BCUT2D eigenvalue weighted by Gasteiger charge is 2.51. The van der Waals surface area contributed by atoms with Gasteiger partial charge >= 0.3 is 5.97 Å². The van der Waals surface area contributed by atoms with E-state index in [0.29, 0.717) is 31.7 Å². The van der Waals surface area contributed by atoms with E-state index in [1.165, 1.54) is 0 Å². The summed E-state index contributed by atoms with van der Waals surface area (Å²) >= 11 is 5.74. The quantitative estimate of drug-likeness (QED) is 0.766. The van der Waals surface area contributed by atoms with Gasteiger partial charge in [-0.15, -0.1) is 11.6 Å². The second kappa shape index (κ2) is 4.24. The fourth-order valence-corrected chi connectivity index (χ4v) is 3.06. The number of rotatable bonds is 3. The molecule has 16 heavy (non-hydrogen) atoms. The maximum atomic E-state index is 11.8. The lowest BCUT2D eigenvalue weighted by atomic mass is 9.95. The summed E-state index contributed by atoms with van der Waals surface area (Å²) in [7, 11) is 0. The van der Waals surface area contributed by atoms with E-state index in [2.05, 4.69) is 0 Å². The van der Waals surface area contributed by atoms with Crippen LogP contribution in [0.3, 0.4) is 0 Å². The average Bonchev–Trinajstić information content (AvgIpc) is 2.84. The normalized spacial score (nSPS) is 28.7.